The predicted octanol–water partition coefficient (Wildman–Crippen LogP) is 5.60. The molecular weight excluding hydrogens is 511 g/mol. The van der Waals surface area contributed by atoms with Crippen molar-refractivity contribution in [2.75, 3.05) is 11.1 Å². The fourth-order valence-corrected chi connectivity index (χ4v) is 5.84. The van der Waals surface area contributed by atoms with E-state index in [1.807, 2.05) is 0 Å². The van der Waals surface area contributed by atoms with E-state index in [1.54, 1.807) is 10.6 Å². The van der Waals surface area contributed by atoms with E-state index in [2.05, 4.69) is 28.2 Å². The van der Waals surface area contributed by atoms with Gasteiger partial charge in [-0.15, -0.1) is 28.1 Å². The van der Waals surface area contributed by atoms with Gasteiger partial charge < -0.3 is 10.1 Å². The van der Waals surface area contributed by atoms with E-state index in [0.717, 1.165) is 60.0 Å². The van der Waals surface area contributed by atoms with Gasteiger partial charge in [-0.1, -0.05) is 23.9 Å². The number of nitrogens with one attached hydrogen (secondary N) is 1. The number of alkyl halides is 3. The van der Waals surface area contributed by atoms with Crippen LogP contribution in [0.2, 0.25) is 0 Å². The number of nitrogens with zero attached hydrogens (tertiary/aromatic N) is 4. The largest absolute Gasteiger partial charge is 0.486 e. The molecular formula is C24H22F3N5O2S2. The summed E-state index contributed by atoms with van der Waals surface area (Å²) < 4.78 is 46.0. The van der Waals surface area contributed by atoms with E-state index in [4.69, 9.17) is 4.74 Å². The van der Waals surface area contributed by atoms with Gasteiger partial charge in [0.25, 0.3) is 0 Å². The van der Waals surface area contributed by atoms with Gasteiger partial charge in [-0.25, -0.2) is 0 Å². The highest BCUT2D eigenvalue weighted by molar-refractivity contribution is 7.99. The normalized spacial score (nSPS) is 13.1. The van der Waals surface area contributed by atoms with Crippen LogP contribution in [-0.4, -0.2) is 26.4 Å². The molecule has 2 aromatic heterocycles. The first-order valence-corrected chi connectivity index (χ1v) is 12.9. The number of amides is 1. The van der Waals surface area contributed by atoms with Crippen LogP contribution in [-0.2, 0) is 37.0 Å². The van der Waals surface area contributed by atoms with Gasteiger partial charge in [-0.05, 0) is 49.4 Å². The van der Waals surface area contributed by atoms with Crippen LogP contribution in [0.4, 0.5) is 18.2 Å². The van der Waals surface area contributed by atoms with Crippen molar-refractivity contribution in [3.8, 4) is 11.8 Å². The second kappa shape index (κ2) is 11.2. The number of nitriles is 1. The standard InChI is InChI=1S/C24H22F3N5O2S2/c1-2-10-32-20(13-34-16-7-5-6-15(11-16)24(25,26)27)30-31-23(32)35-14-21(33)29-22-18(12-28)17-8-3-4-9-19(17)36-22/h2,5-7,11H,1,3-4,8-10,13-14H2,(H,29,33). The van der Waals surface area contributed by atoms with Crippen LogP contribution in [0, 0.1) is 11.3 Å². The van der Waals surface area contributed by atoms with Crippen molar-refractivity contribution in [1.29, 1.82) is 5.26 Å². The van der Waals surface area contributed by atoms with Crippen molar-refractivity contribution in [1.82, 2.24) is 14.8 Å². The summed E-state index contributed by atoms with van der Waals surface area (Å²) in [5, 5.41) is 21.6. The van der Waals surface area contributed by atoms with Crippen LogP contribution >= 0.6 is 23.1 Å². The predicted molar refractivity (Wildman–Crippen MR) is 131 cm³/mol. The number of halogens is 3. The molecule has 0 saturated heterocycles. The highest BCUT2D eigenvalue weighted by atomic mass is 32.2. The molecule has 36 heavy (non-hydrogen) atoms. The number of benzene rings is 1. The highest BCUT2D eigenvalue weighted by Crippen LogP contribution is 2.37. The summed E-state index contributed by atoms with van der Waals surface area (Å²) in [4.78, 5) is 13.8. The van der Waals surface area contributed by atoms with Crippen molar-refractivity contribution in [3.05, 3.63) is 64.3 Å². The number of carbonyl (C=O) groups is 1. The topological polar surface area (TPSA) is 92.8 Å². The fourth-order valence-electron chi connectivity index (χ4n) is 3.82. The first-order chi connectivity index (χ1) is 17.3. The molecule has 188 valence electrons. The molecule has 1 aliphatic carbocycles. The molecule has 0 atom stereocenters. The Labute approximate surface area is 214 Å². The number of rotatable bonds is 9. The minimum Gasteiger partial charge on any atom is -0.486 e. The zero-order valence-electron chi connectivity index (χ0n) is 19.1. The molecule has 3 aromatic rings. The summed E-state index contributed by atoms with van der Waals surface area (Å²) in [5.74, 6) is 0.202. The second-order valence-electron chi connectivity index (χ2n) is 7.98. The molecule has 1 N–H and O–H groups in total. The van der Waals surface area contributed by atoms with Crippen LogP contribution in [0.15, 0.2) is 42.1 Å². The van der Waals surface area contributed by atoms with E-state index in [-0.39, 0.29) is 24.0 Å². The maximum atomic E-state index is 12.9. The number of anilines is 1. The van der Waals surface area contributed by atoms with Crippen molar-refractivity contribution in [2.45, 2.75) is 50.2 Å². The van der Waals surface area contributed by atoms with Crippen LogP contribution in [0.1, 0.15) is 40.2 Å². The minimum atomic E-state index is -4.47. The molecule has 0 saturated carbocycles. The monoisotopic (exact) mass is 533 g/mol. The second-order valence-corrected chi connectivity index (χ2v) is 10.0. The number of ether oxygens (including phenoxy) is 1. The molecule has 7 nitrogen and oxygen atoms in total. The Morgan fingerprint density at radius 2 is 2.14 bits per heavy atom. The van der Waals surface area contributed by atoms with Gasteiger partial charge in [0, 0.05) is 11.4 Å². The number of carbonyl (C=O) groups excluding carboxylic acids is 1. The van der Waals surface area contributed by atoms with Gasteiger partial charge >= 0.3 is 6.18 Å². The van der Waals surface area contributed by atoms with Crippen LogP contribution in [0.3, 0.4) is 0 Å². The average Bonchev–Trinajstić information content (AvgIpc) is 3.41. The molecule has 0 aliphatic heterocycles. The number of aromatic nitrogens is 3. The van der Waals surface area contributed by atoms with E-state index < -0.39 is 11.7 Å². The summed E-state index contributed by atoms with van der Waals surface area (Å²) in [6, 6.07) is 6.82. The van der Waals surface area contributed by atoms with Crippen LogP contribution < -0.4 is 10.1 Å². The smallest absolute Gasteiger partial charge is 0.416 e. The maximum absolute atomic E-state index is 12.9. The fraction of sp³-hybridized carbons (Fsp3) is 0.333. The van der Waals surface area contributed by atoms with Crippen molar-refractivity contribution >= 4 is 34.0 Å². The molecule has 0 bridgehead atoms. The average molecular weight is 534 g/mol. The minimum absolute atomic E-state index is 0.0389. The molecule has 12 heteroatoms. The molecule has 1 aliphatic rings. The van der Waals surface area contributed by atoms with Crippen LogP contribution in [0.5, 0.6) is 5.75 Å². The Morgan fingerprint density at radius 3 is 2.89 bits per heavy atom. The summed E-state index contributed by atoms with van der Waals surface area (Å²) in [7, 11) is 0. The number of allylic oxidation sites excluding steroid dienone is 1. The first kappa shape index (κ1) is 25.8. The van der Waals surface area contributed by atoms with Gasteiger partial charge in [0.1, 0.15) is 23.4 Å². The Morgan fingerprint density at radius 1 is 1.33 bits per heavy atom. The third kappa shape index (κ3) is 5.91. The van der Waals surface area contributed by atoms with Crippen molar-refractivity contribution < 1.29 is 22.7 Å². The number of thiophene rings is 1. The van der Waals surface area contributed by atoms with E-state index in [9.17, 15) is 23.2 Å². The van der Waals surface area contributed by atoms with Gasteiger partial charge in [0.15, 0.2) is 11.0 Å². The Hall–Kier alpha value is -3.30. The van der Waals surface area contributed by atoms with Gasteiger partial charge in [0.2, 0.25) is 5.91 Å². The molecule has 0 spiro atoms. The molecule has 0 radical (unpaired) electrons. The quantitative estimate of drug-likeness (QED) is 0.284. The Balaban J connectivity index is 1.40. The maximum Gasteiger partial charge on any atom is 0.416 e. The number of hydrogen-bond acceptors (Lipinski definition) is 7. The number of hydrogen-bond donors (Lipinski definition) is 1. The molecule has 1 aromatic carbocycles. The Kier molecular flexibility index (Phi) is 8.01. The third-order valence-corrected chi connectivity index (χ3v) is 7.68. The van der Waals surface area contributed by atoms with E-state index in [1.165, 1.54) is 23.5 Å². The molecule has 2 heterocycles. The third-order valence-electron chi connectivity index (χ3n) is 5.50. The van der Waals surface area contributed by atoms with Gasteiger partial charge in [0.05, 0.1) is 16.9 Å². The molecule has 0 fully saturated rings. The highest BCUT2D eigenvalue weighted by Gasteiger charge is 2.30. The summed E-state index contributed by atoms with van der Waals surface area (Å²) in [6.45, 7) is 3.93. The zero-order valence-corrected chi connectivity index (χ0v) is 20.7. The molecule has 0 unspecified atom stereocenters. The lowest BCUT2D eigenvalue weighted by molar-refractivity contribution is -0.137. The SMILES string of the molecule is C=CCn1c(COc2cccc(C(F)(F)F)c2)nnc1SCC(=O)Nc1sc2c(c1C#N)CCCC2. The van der Waals surface area contributed by atoms with Gasteiger partial charge in [-0.2, -0.15) is 18.4 Å². The number of aryl methyl sites for hydroxylation is 1. The van der Waals surface area contributed by atoms with E-state index in [0.29, 0.717) is 28.1 Å². The summed E-state index contributed by atoms with van der Waals surface area (Å²) in [6.07, 6.45) is 1.06. The number of thioether (sulfide) groups is 1. The van der Waals surface area contributed by atoms with Crippen molar-refractivity contribution in [3.63, 3.8) is 0 Å². The van der Waals surface area contributed by atoms with Gasteiger partial charge in [-0.3, -0.25) is 9.36 Å². The molecule has 4 rings (SSSR count). The lowest BCUT2D eigenvalue weighted by Gasteiger charge is -2.11. The summed E-state index contributed by atoms with van der Waals surface area (Å²) >= 11 is 2.62. The number of fused-ring (bicyclic) bond motifs is 1. The van der Waals surface area contributed by atoms with E-state index >= 15 is 0 Å². The lowest BCUT2D eigenvalue weighted by Crippen LogP contribution is -2.15. The first-order valence-electron chi connectivity index (χ1n) is 11.1. The van der Waals surface area contributed by atoms with Crippen LogP contribution in [0.25, 0.3) is 0 Å². The van der Waals surface area contributed by atoms with Crippen molar-refractivity contribution in [2.24, 2.45) is 0 Å². The summed E-state index contributed by atoms with van der Waals surface area (Å²) in [5.41, 5.74) is 0.797. The lowest BCUT2D eigenvalue weighted by atomic mass is 9.96. The zero-order chi connectivity index (χ0) is 25.7. The molecule has 1 amide bonds. The Bertz CT molecular complexity index is 1310.